The van der Waals surface area contributed by atoms with Crippen LogP contribution in [0, 0.1) is 0 Å². The first-order valence-electron chi connectivity index (χ1n) is 5.49. The van der Waals surface area contributed by atoms with Crippen LogP contribution in [0.1, 0.15) is 0 Å². The minimum Gasteiger partial charge on any atom is -0.497 e. The van der Waals surface area contributed by atoms with Crippen molar-refractivity contribution in [3.63, 3.8) is 0 Å². The normalized spacial score (nSPS) is 10.5. The number of methoxy groups -OCH3 is 1. The molecule has 0 fully saturated rings. The van der Waals surface area contributed by atoms with Crippen molar-refractivity contribution in [3.05, 3.63) is 49.1 Å². The molecule has 0 bridgehead atoms. The zero-order chi connectivity index (χ0) is 12.4. The number of nitrogens with zero attached hydrogens (tertiary/aromatic N) is 1. The van der Waals surface area contributed by atoms with E-state index in [1.165, 1.54) is 0 Å². The molecular weight excluding hydrogens is 230 g/mol. The van der Waals surface area contributed by atoms with Crippen molar-refractivity contribution in [1.82, 2.24) is 4.98 Å². The molecule has 0 saturated heterocycles. The fourth-order valence-corrected chi connectivity index (χ4v) is 1.70. The van der Waals surface area contributed by atoms with Crippen molar-refractivity contribution in [1.29, 1.82) is 0 Å². The average Bonchev–Trinajstić information content (AvgIpc) is 3.09. The van der Waals surface area contributed by atoms with E-state index in [9.17, 15) is 0 Å². The van der Waals surface area contributed by atoms with Gasteiger partial charge in [0, 0.05) is 5.56 Å². The van der Waals surface area contributed by atoms with E-state index >= 15 is 0 Å². The second-order valence-electron chi connectivity index (χ2n) is 3.77. The van der Waals surface area contributed by atoms with E-state index < -0.39 is 0 Å². The summed E-state index contributed by atoms with van der Waals surface area (Å²) in [6, 6.07) is 9.45. The van der Waals surface area contributed by atoms with Crippen molar-refractivity contribution < 1.29 is 13.6 Å². The summed E-state index contributed by atoms with van der Waals surface area (Å²) < 4.78 is 15.9. The molecule has 18 heavy (non-hydrogen) atoms. The third kappa shape index (κ3) is 1.88. The lowest BCUT2D eigenvalue weighted by molar-refractivity contribution is 0.415. The van der Waals surface area contributed by atoms with E-state index in [0.717, 1.165) is 16.9 Å². The highest BCUT2D eigenvalue weighted by Gasteiger charge is 2.09. The second kappa shape index (κ2) is 4.41. The van der Waals surface area contributed by atoms with E-state index in [1.807, 2.05) is 24.3 Å². The molecule has 4 nitrogen and oxygen atoms in total. The predicted molar refractivity (Wildman–Crippen MR) is 66.2 cm³/mol. The maximum Gasteiger partial charge on any atom is 0.229 e. The van der Waals surface area contributed by atoms with Gasteiger partial charge in [-0.25, -0.2) is 4.98 Å². The number of hydrogen-bond donors (Lipinski definition) is 0. The van der Waals surface area contributed by atoms with Crippen LogP contribution in [0.4, 0.5) is 0 Å². The minimum atomic E-state index is 0.543. The molecule has 1 aromatic carbocycles. The maximum absolute atomic E-state index is 5.69. The van der Waals surface area contributed by atoms with Gasteiger partial charge in [-0.1, -0.05) is 12.1 Å². The lowest BCUT2D eigenvalue weighted by Gasteiger charge is -2.00. The Labute approximate surface area is 104 Å². The Morgan fingerprint density at radius 2 is 2.11 bits per heavy atom. The Bertz CT molecular complexity index is 641. The van der Waals surface area contributed by atoms with Crippen LogP contribution >= 0.6 is 0 Å². The molecule has 0 saturated carbocycles. The number of aromatic nitrogens is 1. The monoisotopic (exact) mass is 241 g/mol. The first-order valence-corrected chi connectivity index (χ1v) is 5.49. The van der Waals surface area contributed by atoms with Crippen LogP contribution < -0.4 is 4.74 Å². The van der Waals surface area contributed by atoms with Gasteiger partial charge in [-0.05, 0) is 18.2 Å². The summed E-state index contributed by atoms with van der Waals surface area (Å²) in [5.74, 6) is 2.03. The fourth-order valence-electron chi connectivity index (χ4n) is 1.70. The molecule has 0 atom stereocenters. The van der Waals surface area contributed by atoms with E-state index in [2.05, 4.69) is 4.98 Å². The Balaban J connectivity index is 1.97. The SMILES string of the molecule is COc1cccc(-c2cnc(-c3ccoc3)o2)c1. The molecule has 0 spiro atoms. The number of benzene rings is 1. The summed E-state index contributed by atoms with van der Waals surface area (Å²) in [5, 5.41) is 0. The van der Waals surface area contributed by atoms with Crippen molar-refractivity contribution in [2.75, 3.05) is 7.11 Å². The minimum absolute atomic E-state index is 0.543. The summed E-state index contributed by atoms with van der Waals surface area (Å²) in [6.07, 6.45) is 4.88. The summed E-state index contributed by atoms with van der Waals surface area (Å²) in [6.45, 7) is 0. The van der Waals surface area contributed by atoms with Gasteiger partial charge in [-0.3, -0.25) is 0 Å². The van der Waals surface area contributed by atoms with Gasteiger partial charge >= 0.3 is 0 Å². The van der Waals surface area contributed by atoms with Crippen molar-refractivity contribution in [3.8, 4) is 28.5 Å². The number of oxazole rings is 1. The molecular formula is C14H11NO3. The Morgan fingerprint density at radius 3 is 2.89 bits per heavy atom. The number of hydrogen-bond acceptors (Lipinski definition) is 4. The largest absolute Gasteiger partial charge is 0.497 e. The first kappa shape index (κ1) is 10.7. The zero-order valence-electron chi connectivity index (χ0n) is 9.79. The zero-order valence-corrected chi connectivity index (χ0v) is 9.79. The van der Waals surface area contributed by atoms with E-state index in [-0.39, 0.29) is 0 Å². The molecule has 4 heteroatoms. The third-order valence-corrected chi connectivity index (χ3v) is 2.63. The van der Waals surface area contributed by atoms with Crippen LogP contribution in [0.5, 0.6) is 5.75 Å². The van der Waals surface area contributed by atoms with E-state index in [4.69, 9.17) is 13.6 Å². The van der Waals surface area contributed by atoms with Crippen LogP contribution in [0.25, 0.3) is 22.8 Å². The standard InChI is InChI=1S/C14H11NO3/c1-16-12-4-2-3-10(7-12)13-8-15-14(18-13)11-5-6-17-9-11/h2-9H,1H3. The Morgan fingerprint density at radius 1 is 1.17 bits per heavy atom. The summed E-state index contributed by atoms with van der Waals surface area (Å²) in [4.78, 5) is 4.22. The van der Waals surface area contributed by atoms with Gasteiger partial charge < -0.3 is 13.6 Å². The molecule has 2 aromatic heterocycles. The number of furan rings is 1. The average molecular weight is 241 g/mol. The van der Waals surface area contributed by atoms with Crippen LogP contribution in [0.3, 0.4) is 0 Å². The summed E-state index contributed by atoms with van der Waals surface area (Å²) >= 11 is 0. The third-order valence-electron chi connectivity index (χ3n) is 2.63. The van der Waals surface area contributed by atoms with Gasteiger partial charge in [0.1, 0.15) is 12.0 Å². The number of rotatable bonds is 3. The van der Waals surface area contributed by atoms with Crippen LogP contribution in [0.2, 0.25) is 0 Å². The van der Waals surface area contributed by atoms with Crippen molar-refractivity contribution in [2.24, 2.45) is 0 Å². The fraction of sp³-hybridized carbons (Fsp3) is 0.0714. The molecule has 0 aliphatic heterocycles. The summed E-state index contributed by atoms with van der Waals surface area (Å²) in [5.41, 5.74) is 1.75. The quantitative estimate of drug-likeness (QED) is 0.702. The molecule has 0 aliphatic rings. The predicted octanol–water partition coefficient (Wildman–Crippen LogP) is 3.61. The second-order valence-corrected chi connectivity index (χ2v) is 3.77. The van der Waals surface area contributed by atoms with Gasteiger partial charge in [0.25, 0.3) is 0 Å². The topological polar surface area (TPSA) is 48.4 Å². The Kier molecular flexibility index (Phi) is 2.61. The first-order chi connectivity index (χ1) is 8.86. The molecule has 2 heterocycles. The van der Waals surface area contributed by atoms with Crippen molar-refractivity contribution >= 4 is 0 Å². The van der Waals surface area contributed by atoms with Crippen LogP contribution in [-0.2, 0) is 0 Å². The van der Waals surface area contributed by atoms with Gasteiger partial charge in [0.05, 0.1) is 25.1 Å². The lowest BCUT2D eigenvalue weighted by Crippen LogP contribution is -1.82. The van der Waals surface area contributed by atoms with Gasteiger partial charge in [0.2, 0.25) is 5.89 Å². The molecule has 3 aromatic rings. The molecule has 0 aliphatic carbocycles. The highest BCUT2D eigenvalue weighted by Crippen LogP contribution is 2.28. The van der Waals surface area contributed by atoms with Crippen LogP contribution in [0.15, 0.2) is 57.9 Å². The molecule has 0 N–H and O–H groups in total. The molecule has 0 radical (unpaired) electrons. The molecule has 90 valence electrons. The van der Waals surface area contributed by atoms with Gasteiger partial charge in [0.15, 0.2) is 5.76 Å². The molecule has 0 unspecified atom stereocenters. The molecule has 3 rings (SSSR count). The van der Waals surface area contributed by atoms with Crippen LogP contribution in [-0.4, -0.2) is 12.1 Å². The van der Waals surface area contributed by atoms with Gasteiger partial charge in [-0.15, -0.1) is 0 Å². The lowest BCUT2D eigenvalue weighted by atomic mass is 10.2. The molecule has 0 amide bonds. The number of ether oxygens (including phenoxy) is 1. The van der Waals surface area contributed by atoms with Gasteiger partial charge in [-0.2, -0.15) is 0 Å². The highest BCUT2D eigenvalue weighted by atomic mass is 16.5. The smallest absolute Gasteiger partial charge is 0.229 e. The summed E-state index contributed by atoms with van der Waals surface area (Å²) in [7, 11) is 1.64. The van der Waals surface area contributed by atoms with E-state index in [1.54, 1.807) is 31.9 Å². The van der Waals surface area contributed by atoms with E-state index in [0.29, 0.717) is 11.7 Å². The highest BCUT2D eigenvalue weighted by molar-refractivity contribution is 5.61. The van der Waals surface area contributed by atoms with Crippen molar-refractivity contribution in [2.45, 2.75) is 0 Å². The Hall–Kier alpha value is -2.49. The maximum atomic E-state index is 5.69.